The maximum absolute atomic E-state index is 9.78. The van der Waals surface area contributed by atoms with Gasteiger partial charge < -0.3 is 20.4 Å². The predicted octanol–water partition coefficient (Wildman–Crippen LogP) is 3.79. The zero-order chi connectivity index (χ0) is 18.0. The van der Waals surface area contributed by atoms with Crippen LogP contribution in [0.25, 0.3) is 0 Å². The van der Waals surface area contributed by atoms with Gasteiger partial charge in [-0.2, -0.15) is 0 Å². The maximum Gasteiger partial charge on any atom is 0.169 e. The van der Waals surface area contributed by atoms with Gasteiger partial charge in [0.2, 0.25) is 0 Å². The average molecular weight is 377 g/mol. The second-order valence-electron chi connectivity index (χ2n) is 6.27. The second-order valence-corrected chi connectivity index (χ2v) is 7.09. The largest absolute Gasteiger partial charge is 0.504 e. The number of rotatable bonds is 3. The number of phenols is 2. The van der Waals surface area contributed by atoms with Crippen LogP contribution in [0.4, 0.5) is 0 Å². The van der Waals surface area contributed by atoms with Crippen molar-refractivity contribution < 1.29 is 10.2 Å². The number of aromatic hydroxyl groups is 2. The fourth-order valence-corrected chi connectivity index (χ4v) is 3.67. The lowest BCUT2D eigenvalue weighted by Crippen LogP contribution is -2.45. The Hall–Kier alpha value is -1.98. The van der Waals surface area contributed by atoms with Crippen molar-refractivity contribution in [1.29, 1.82) is 0 Å². The summed E-state index contributed by atoms with van der Waals surface area (Å²) in [6, 6.07) is 11.1. The highest BCUT2D eigenvalue weighted by molar-refractivity contribution is 7.80. The summed E-state index contributed by atoms with van der Waals surface area (Å²) in [6.45, 7) is 3.59. The zero-order valence-electron chi connectivity index (χ0n) is 14.0. The molecule has 3 rings (SSSR count). The van der Waals surface area contributed by atoms with Crippen LogP contribution in [0.1, 0.15) is 29.7 Å². The first kappa shape index (κ1) is 17.8. The molecule has 0 fully saturated rings. The van der Waals surface area contributed by atoms with Crippen LogP contribution in [-0.4, -0.2) is 33.3 Å². The van der Waals surface area contributed by atoms with E-state index >= 15 is 0 Å². The van der Waals surface area contributed by atoms with Gasteiger partial charge in [0, 0.05) is 18.1 Å². The lowest BCUT2D eigenvalue weighted by molar-refractivity contribution is 0.311. The van der Waals surface area contributed by atoms with E-state index in [0.29, 0.717) is 5.11 Å². The quantitative estimate of drug-likeness (QED) is 0.562. The third kappa shape index (κ3) is 3.99. The molecule has 0 spiro atoms. The molecule has 2 aromatic carbocycles. The van der Waals surface area contributed by atoms with Gasteiger partial charge in [0.25, 0.3) is 0 Å². The highest BCUT2D eigenvalue weighted by atomic mass is 35.5. The summed E-state index contributed by atoms with van der Waals surface area (Å²) in [6.07, 6.45) is 1.65. The van der Waals surface area contributed by atoms with E-state index in [9.17, 15) is 10.2 Å². The summed E-state index contributed by atoms with van der Waals surface area (Å²) in [7, 11) is 0. The number of halogens is 1. The third-order valence-electron chi connectivity index (χ3n) is 4.64. The zero-order valence-corrected chi connectivity index (χ0v) is 15.6. The number of hydrogen-bond donors (Lipinski definition) is 3. The Morgan fingerprint density at radius 1 is 1.24 bits per heavy atom. The highest BCUT2D eigenvalue weighted by Gasteiger charge is 2.26. The first-order valence-corrected chi connectivity index (χ1v) is 9.08. The molecule has 0 bridgehead atoms. The molecule has 1 heterocycles. The molecule has 1 aliphatic heterocycles. The van der Waals surface area contributed by atoms with Crippen molar-refractivity contribution in [3.8, 4) is 11.5 Å². The summed E-state index contributed by atoms with van der Waals surface area (Å²) in [5, 5.41) is 24.2. The summed E-state index contributed by atoms with van der Waals surface area (Å²) in [4.78, 5) is 2.12. The Kier molecular flexibility index (Phi) is 5.35. The van der Waals surface area contributed by atoms with Crippen molar-refractivity contribution in [1.82, 2.24) is 10.2 Å². The van der Waals surface area contributed by atoms with Gasteiger partial charge in [-0.3, -0.25) is 0 Å². The number of nitrogens with one attached hydrogen (secondary N) is 1. The van der Waals surface area contributed by atoms with Crippen LogP contribution in [0.15, 0.2) is 36.4 Å². The Morgan fingerprint density at radius 2 is 1.92 bits per heavy atom. The molecule has 2 aromatic rings. The van der Waals surface area contributed by atoms with Crippen LogP contribution in [0.5, 0.6) is 11.5 Å². The number of benzene rings is 2. The van der Waals surface area contributed by atoms with Gasteiger partial charge >= 0.3 is 0 Å². The standard InChI is InChI=1S/C19H21ClN2O2S/c1-12-16-11-18(24)17(23)10-14(16)7-9-22(12)19(25)21-8-6-13-2-4-15(20)5-3-13/h2-5,10-12,23-24H,6-9H2,1H3,(H,21,25). The molecule has 1 atom stereocenters. The molecule has 0 aliphatic carbocycles. The Morgan fingerprint density at radius 3 is 2.64 bits per heavy atom. The minimum Gasteiger partial charge on any atom is -0.504 e. The molecule has 1 unspecified atom stereocenters. The topological polar surface area (TPSA) is 55.7 Å². The molecule has 6 heteroatoms. The van der Waals surface area contributed by atoms with Gasteiger partial charge in [-0.1, -0.05) is 23.7 Å². The molecule has 4 nitrogen and oxygen atoms in total. The van der Waals surface area contributed by atoms with E-state index in [1.807, 2.05) is 24.3 Å². The van der Waals surface area contributed by atoms with Crippen molar-refractivity contribution in [3.63, 3.8) is 0 Å². The highest BCUT2D eigenvalue weighted by Crippen LogP contribution is 2.36. The molecule has 0 saturated carbocycles. The summed E-state index contributed by atoms with van der Waals surface area (Å²) in [5.41, 5.74) is 3.27. The monoisotopic (exact) mass is 376 g/mol. The van der Waals surface area contributed by atoms with Crippen LogP contribution in [-0.2, 0) is 12.8 Å². The van der Waals surface area contributed by atoms with Gasteiger partial charge in [-0.05, 0) is 72.9 Å². The Bertz CT molecular complexity index is 780. The lowest BCUT2D eigenvalue weighted by Gasteiger charge is -2.37. The summed E-state index contributed by atoms with van der Waals surface area (Å²) >= 11 is 11.5. The van der Waals surface area contributed by atoms with Crippen LogP contribution in [0.2, 0.25) is 5.02 Å². The van der Waals surface area contributed by atoms with Crippen molar-refractivity contribution >= 4 is 28.9 Å². The van der Waals surface area contributed by atoms with Crippen LogP contribution in [0.3, 0.4) is 0 Å². The smallest absolute Gasteiger partial charge is 0.169 e. The Labute approximate surface area is 158 Å². The molecule has 132 valence electrons. The first-order valence-electron chi connectivity index (χ1n) is 8.29. The molecule has 0 saturated heterocycles. The Balaban J connectivity index is 1.60. The first-order chi connectivity index (χ1) is 12.0. The number of hydrogen-bond acceptors (Lipinski definition) is 3. The third-order valence-corrected chi connectivity index (χ3v) is 5.27. The number of phenolic OH excluding ortho intramolecular Hbond substituents is 2. The summed E-state index contributed by atoms with van der Waals surface area (Å²) < 4.78 is 0. The minimum absolute atomic E-state index is 0.0470. The van der Waals surface area contributed by atoms with E-state index in [1.165, 1.54) is 5.56 Å². The van der Waals surface area contributed by atoms with Gasteiger partial charge in [-0.15, -0.1) is 0 Å². The van der Waals surface area contributed by atoms with Gasteiger partial charge in [0.1, 0.15) is 0 Å². The van der Waals surface area contributed by atoms with E-state index in [4.69, 9.17) is 23.8 Å². The number of thiocarbonyl (C=S) groups is 1. The van der Waals surface area contributed by atoms with Gasteiger partial charge in [0.15, 0.2) is 16.6 Å². The summed E-state index contributed by atoms with van der Waals surface area (Å²) in [5.74, 6) is -0.155. The normalized spacial score (nSPS) is 16.4. The van der Waals surface area contributed by atoms with E-state index in [0.717, 1.165) is 42.1 Å². The van der Waals surface area contributed by atoms with Crippen molar-refractivity contribution in [3.05, 3.63) is 58.1 Å². The van der Waals surface area contributed by atoms with Gasteiger partial charge in [-0.25, -0.2) is 0 Å². The van der Waals surface area contributed by atoms with E-state index in [2.05, 4.69) is 17.1 Å². The van der Waals surface area contributed by atoms with Crippen LogP contribution >= 0.6 is 23.8 Å². The SMILES string of the molecule is CC1c2cc(O)c(O)cc2CCN1C(=S)NCCc1ccc(Cl)cc1. The molecule has 3 N–H and O–H groups in total. The average Bonchev–Trinajstić information content (AvgIpc) is 2.59. The van der Waals surface area contributed by atoms with E-state index in [-0.39, 0.29) is 17.5 Å². The molecular weight excluding hydrogens is 356 g/mol. The molecule has 0 aromatic heterocycles. The van der Waals surface area contributed by atoms with Crippen molar-refractivity contribution in [2.45, 2.75) is 25.8 Å². The fraction of sp³-hybridized carbons (Fsp3) is 0.316. The molecule has 25 heavy (non-hydrogen) atoms. The lowest BCUT2D eigenvalue weighted by atomic mass is 9.93. The number of fused-ring (bicyclic) bond motifs is 1. The van der Waals surface area contributed by atoms with E-state index in [1.54, 1.807) is 12.1 Å². The maximum atomic E-state index is 9.78. The molecular formula is C19H21ClN2O2S. The minimum atomic E-state index is -0.0888. The van der Waals surface area contributed by atoms with Crippen LogP contribution in [0, 0.1) is 0 Å². The second kappa shape index (κ2) is 7.50. The molecule has 0 amide bonds. The number of nitrogens with zero attached hydrogens (tertiary/aromatic N) is 1. The van der Waals surface area contributed by atoms with Gasteiger partial charge in [0.05, 0.1) is 6.04 Å². The molecule has 1 aliphatic rings. The van der Waals surface area contributed by atoms with Crippen molar-refractivity contribution in [2.75, 3.05) is 13.1 Å². The molecule has 0 radical (unpaired) electrons. The predicted molar refractivity (Wildman–Crippen MR) is 104 cm³/mol. The fourth-order valence-electron chi connectivity index (χ4n) is 3.19. The van der Waals surface area contributed by atoms with E-state index < -0.39 is 0 Å². The van der Waals surface area contributed by atoms with Crippen molar-refractivity contribution in [2.24, 2.45) is 0 Å². The van der Waals surface area contributed by atoms with Crippen LogP contribution < -0.4 is 5.32 Å².